The maximum absolute atomic E-state index is 12.2. The third-order valence-corrected chi connectivity index (χ3v) is 4.27. The highest BCUT2D eigenvalue weighted by atomic mass is 19.3. The quantitative estimate of drug-likeness (QED) is 0.872. The third-order valence-electron chi connectivity index (χ3n) is 4.27. The summed E-state index contributed by atoms with van der Waals surface area (Å²) in [5.41, 5.74) is 0.521. The molecule has 1 saturated carbocycles. The van der Waals surface area contributed by atoms with Crippen molar-refractivity contribution in [3.63, 3.8) is 0 Å². The topological polar surface area (TPSA) is 61.8 Å². The smallest absolute Gasteiger partial charge is 0.387 e. The number of nitrogens with zero attached hydrogens (tertiary/aromatic N) is 1. The second-order valence-electron chi connectivity index (χ2n) is 5.80. The Hall–Kier alpha value is -1.89. The van der Waals surface area contributed by atoms with Crippen LogP contribution in [0.4, 0.5) is 19.3 Å². The number of carbonyl (C=O) groups excluding carboxylic acids is 1. The Bertz CT molecular complexity index is 503. The monoisotopic (exact) mass is 328 g/mol. The lowest BCUT2D eigenvalue weighted by Gasteiger charge is -2.34. The van der Waals surface area contributed by atoms with E-state index in [2.05, 4.69) is 10.1 Å². The highest BCUT2D eigenvalue weighted by molar-refractivity contribution is 5.89. The molecule has 1 aromatic rings. The molecule has 2 N–H and O–H groups in total. The van der Waals surface area contributed by atoms with Gasteiger partial charge in [-0.25, -0.2) is 4.79 Å². The second-order valence-corrected chi connectivity index (χ2v) is 5.80. The molecule has 0 radical (unpaired) electrons. The fourth-order valence-electron chi connectivity index (χ4n) is 2.81. The summed E-state index contributed by atoms with van der Waals surface area (Å²) in [7, 11) is 1.74. The molecular weight excluding hydrogens is 306 g/mol. The van der Waals surface area contributed by atoms with Gasteiger partial charge in [0.15, 0.2) is 0 Å². The van der Waals surface area contributed by atoms with Crippen LogP contribution in [0.3, 0.4) is 0 Å². The number of benzene rings is 1. The molecule has 0 atom stereocenters. The summed E-state index contributed by atoms with van der Waals surface area (Å²) in [4.78, 5) is 13.9. The molecule has 0 unspecified atom stereocenters. The molecule has 0 aromatic heterocycles. The second kappa shape index (κ2) is 8.10. The average Bonchev–Trinajstić information content (AvgIpc) is 2.55. The van der Waals surface area contributed by atoms with Crippen molar-refractivity contribution in [1.29, 1.82) is 0 Å². The van der Waals surface area contributed by atoms with Gasteiger partial charge in [-0.2, -0.15) is 8.78 Å². The molecule has 7 heteroatoms. The number of carbonyl (C=O) groups is 1. The lowest BCUT2D eigenvalue weighted by Crippen LogP contribution is -2.42. The summed E-state index contributed by atoms with van der Waals surface area (Å²) in [6.45, 7) is -2.66. The molecule has 2 rings (SSSR count). The number of halogens is 2. The molecule has 0 aliphatic heterocycles. The molecule has 2 amide bonds. The van der Waals surface area contributed by atoms with Gasteiger partial charge in [-0.05, 0) is 55.9 Å². The number of anilines is 1. The van der Waals surface area contributed by atoms with E-state index in [1.165, 1.54) is 24.3 Å². The van der Waals surface area contributed by atoms with Gasteiger partial charge in [0.05, 0.1) is 0 Å². The number of hydrogen-bond donors (Lipinski definition) is 2. The maximum Gasteiger partial charge on any atom is 0.387 e. The number of aliphatic hydroxyl groups excluding tert-OH is 1. The molecule has 0 saturated heterocycles. The van der Waals surface area contributed by atoms with Gasteiger partial charge in [0, 0.05) is 25.4 Å². The maximum atomic E-state index is 12.2. The third kappa shape index (κ3) is 5.06. The minimum atomic E-state index is -2.87. The van der Waals surface area contributed by atoms with Crippen LogP contribution >= 0.6 is 0 Å². The molecule has 0 bridgehead atoms. The predicted octanol–water partition coefficient (Wildman–Crippen LogP) is 3.30. The summed E-state index contributed by atoms with van der Waals surface area (Å²) < 4.78 is 28.4. The Balaban J connectivity index is 1.86. The molecule has 0 heterocycles. The van der Waals surface area contributed by atoms with Gasteiger partial charge in [-0.15, -0.1) is 0 Å². The predicted molar refractivity (Wildman–Crippen MR) is 82.7 cm³/mol. The average molecular weight is 328 g/mol. The van der Waals surface area contributed by atoms with Crippen LogP contribution in [0.2, 0.25) is 0 Å². The first-order valence-corrected chi connectivity index (χ1v) is 7.69. The first-order chi connectivity index (χ1) is 11.0. The Labute approximate surface area is 134 Å². The fraction of sp³-hybridized carbons (Fsp3) is 0.562. The van der Waals surface area contributed by atoms with E-state index < -0.39 is 6.61 Å². The standard InChI is InChI=1S/C16H22F2N2O3/c1-20(13-6-2-11(10-21)3-7-13)16(22)19-12-4-8-14(9-5-12)23-15(17)18/h4-5,8-9,11,13,15,21H,2-3,6-7,10H2,1H3,(H,19,22). The minimum Gasteiger partial charge on any atom is -0.435 e. The van der Waals surface area contributed by atoms with Gasteiger partial charge < -0.3 is 20.1 Å². The van der Waals surface area contributed by atoms with Crippen molar-refractivity contribution < 1.29 is 23.4 Å². The van der Waals surface area contributed by atoms with E-state index in [9.17, 15) is 13.6 Å². The normalized spacial score (nSPS) is 21.1. The zero-order valence-corrected chi connectivity index (χ0v) is 13.0. The lowest BCUT2D eigenvalue weighted by molar-refractivity contribution is -0.0498. The summed E-state index contributed by atoms with van der Waals surface area (Å²) in [6.07, 6.45) is 3.57. The zero-order chi connectivity index (χ0) is 16.8. The van der Waals surface area contributed by atoms with Gasteiger partial charge in [-0.3, -0.25) is 0 Å². The molecule has 1 aliphatic carbocycles. The molecule has 5 nitrogen and oxygen atoms in total. The minimum absolute atomic E-state index is 0.0497. The van der Waals surface area contributed by atoms with E-state index in [0.29, 0.717) is 11.6 Å². The van der Waals surface area contributed by atoms with Crippen LogP contribution in [0.1, 0.15) is 25.7 Å². The largest absolute Gasteiger partial charge is 0.435 e. The van der Waals surface area contributed by atoms with Crippen LogP contribution < -0.4 is 10.1 Å². The van der Waals surface area contributed by atoms with Crippen molar-refractivity contribution in [3.05, 3.63) is 24.3 Å². The Morgan fingerprint density at radius 2 is 1.91 bits per heavy atom. The van der Waals surface area contributed by atoms with Crippen LogP contribution in [-0.2, 0) is 0 Å². The number of hydrogen-bond acceptors (Lipinski definition) is 3. The van der Waals surface area contributed by atoms with E-state index in [0.717, 1.165) is 25.7 Å². The van der Waals surface area contributed by atoms with E-state index >= 15 is 0 Å². The lowest BCUT2D eigenvalue weighted by atomic mass is 9.86. The fourth-order valence-corrected chi connectivity index (χ4v) is 2.81. The summed E-state index contributed by atoms with van der Waals surface area (Å²) in [5, 5.41) is 11.9. The van der Waals surface area contributed by atoms with E-state index in [1.54, 1.807) is 11.9 Å². The molecule has 1 aliphatic rings. The van der Waals surface area contributed by atoms with Crippen LogP contribution in [0.5, 0.6) is 5.75 Å². The van der Waals surface area contributed by atoms with Crippen LogP contribution in [-0.4, -0.2) is 42.3 Å². The van der Waals surface area contributed by atoms with Crippen molar-refractivity contribution in [2.75, 3.05) is 19.0 Å². The number of amides is 2. The molecule has 0 spiro atoms. The van der Waals surface area contributed by atoms with E-state index in [4.69, 9.17) is 5.11 Å². The number of ether oxygens (including phenoxy) is 1. The van der Waals surface area contributed by atoms with Gasteiger partial charge in [0.1, 0.15) is 5.75 Å². The van der Waals surface area contributed by atoms with Crippen molar-refractivity contribution in [3.8, 4) is 5.75 Å². The van der Waals surface area contributed by atoms with Crippen molar-refractivity contribution in [2.45, 2.75) is 38.3 Å². The number of urea groups is 1. The Morgan fingerprint density at radius 1 is 1.30 bits per heavy atom. The van der Waals surface area contributed by atoms with Crippen LogP contribution in [0.15, 0.2) is 24.3 Å². The first kappa shape index (κ1) is 17.5. The number of aliphatic hydroxyl groups is 1. The van der Waals surface area contributed by atoms with Gasteiger partial charge in [0.25, 0.3) is 0 Å². The Morgan fingerprint density at radius 3 is 2.43 bits per heavy atom. The van der Waals surface area contributed by atoms with Crippen molar-refractivity contribution in [1.82, 2.24) is 4.90 Å². The van der Waals surface area contributed by atoms with Gasteiger partial charge >= 0.3 is 12.6 Å². The summed E-state index contributed by atoms with van der Waals surface area (Å²) >= 11 is 0. The van der Waals surface area contributed by atoms with E-state index in [-0.39, 0.29) is 24.4 Å². The van der Waals surface area contributed by atoms with E-state index in [1.807, 2.05) is 0 Å². The summed E-state index contributed by atoms with van der Waals surface area (Å²) in [5.74, 6) is 0.388. The van der Waals surface area contributed by atoms with Gasteiger partial charge in [-0.1, -0.05) is 0 Å². The molecule has 23 heavy (non-hydrogen) atoms. The first-order valence-electron chi connectivity index (χ1n) is 7.69. The van der Waals surface area contributed by atoms with Crippen molar-refractivity contribution in [2.24, 2.45) is 5.92 Å². The zero-order valence-electron chi connectivity index (χ0n) is 13.0. The molecular formula is C16H22F2N2O3. The van der Waals surface area contributed by atoms with Crippen molar-refractivity contribution >= 4 is 11.7 Å². The molecule has 128 valence electrons. The van der Waals surface area contributed by atoms with Crippen LogP contribution in [0.25, 0.3) is 0 Å². The molecule has 1 fully saturated rings. The molecule has 1 aromatic carbocycles. The van der Waals surface area contributed by atoms with Gasteiger partial charge in [0.2, 0.25) is 0 Å². The highest BCUT2D eigenvalue weighted by Gasteiger charge is 2.26. The van der Waals surface area contributed by atoms with Crippen LogP contribution in [0, 0.1) is 5.92 Å². The highest BCUT2D eigenvalue weighted by Crippen LogP contribution is 2.27. The SMILES string of the molecule is CN(C(=O)Nc1ccc(OC(F)F)cc1)C1CCC(CO)CC1. The Kier molecular flexibility index (Phi) is 6.15. The number of nitrogens with one attached hydrogen (secondary N) is 1. The summed E-state index contributed by atoms with van der Waals surface area (Å²) in [6, 6.07) is 5.72. The number of alkyl halides is 2. The number of rotatable bonds is 5.